The lowest BCUT2D eigenvalue weighted by atomic mass is 10.1. The number of nitrogens with one attached hydrogen (secondary N) is 1. The second kappa shape index (κ2) is 7.15. The number of benzene rings is 2. The summed E-state index contributed by atoms with van der Waals surface area (Å²) in [5.41, 5.74) is 2.39. The van der Waals surface area contributed by atoms with E-state index in [4.69, 9.17) is 16.3 Å². The Morgan fingerprint density at radius 3 is 2.80 bits per heavy atom. The van der Waals surface area contributed by atoms with Crippen molar-refractivity contribution < 1.29 is 14.3 Å². The number of methoxy groups -OCH3 is 1. The summed E-state index contributed by atoms with van der Waals surface area (Å²) in [6.45, 7) is 2.33. The number of hydrogen-bond donors (Lipinski definition) is 1. The predicted octanol–water partition coefficient (Wildman–Crippen LogP) is 3.65. The fraction of sp³-hybridized carbons (Fsp3) is 0.263. The molecule has 25 heavy (non-hydrogen) atoms. The van der Waals surface area contributed by atoms with Crippen LogP contribution in [0.3, 0.4) is 0 Å². The van der Waals surface area contributed by atoms with Crippen molar-refractivity contribution in [3.05, 3.63) is 53.1 Å². The van der Waals surface area contributed by atoms with Gasteiger partial charge in [-0.15, -0.1) is 0 Å². The molecule has 0 unspecified atom stereocenters. The topological polar surface area (TPSA) is 58.6 Å². The maximum absolute atomic E-state index is 12.6. The number of halogens is 1. The molecule has 1 N–H and O–H groups in total. The van der Waals surface area contributed by atoms with Gasteiger partial charge in [0.25, 0.3) is 0 Å². The first-order valence-electron chi connectivity index (χ1n) is 7.99. The fourth-order valence-electron chi connectivity index (χ4n) is 2.94. The summed E-state index contributed by atoms with van der Waals surface area (Å²) in [6, 6.07) is 12.7. The summed E-state index contributed by atoms with van der Waals surface area (Å²) in [4.78, 5) is 26.6. The zero-order valence-corrected chi connectivity index (χ0v) is 14.8. The predicted molar refractivity (Wildman–Crippen MR) is 98.3 cm³/mol. The highest BCUT2D eigenvalue weighted by molar-refractivity contribution is 6.31. The quantitative estimate of drug-likeness (QED) is 0.907. The molecule has 0 spiro atoms. The van der Waals surface area contributed by atoms with E-state index in [-0.39, 0.29) is 18.2 Å². The number of aryl methyl sites for hydroxylation is 1. The van der Waals surface area contributed by atoms with Crippen LogP contribution in [0.1, 0.15) is 12.0 Å². The van der Waals surface area contributed by atoms with Crippen LogP contribution in [0.2, 0.25) is 5.02 Å². The molecule has 1 saturated heterocycles. The SMILES string of the molecule is COc1ccc(Cl)cc1NC(=O)[C@H]1CC(=O)N(c2cccc(C)c2)C1. The molecule has 3 rings (SSSR count). The monoisotopic (exact) mass is 358 g/mol. The van der Waals surface area contributed by atoms with E-state index in [1.165, 1.54) is 7.11 Å². The summed E-state index contributed by atoms with van der Waals surface area (Å²) in [7, 11) is 1.53. The van der Waals surface area contributed by atoms with Gasteiger partial charge in [-0.1, -0.05) is 23.7 Å². The van der Waals surface area contributed by atoms with Gasteiger partial charge >= 0.3 is 0 Å². The normalized spacial score (nSPS) is 16.8. The maximum Gasteiger partial charge on any atom is 0.229 e. The van der Waals surface area contributed by atoms with Crippen LogP contribution in [-0.4, -0.2) is 25.5 Å². The average Bonchev–Trinajstić information content (AvgIpc) is 2.97. The molecular formula is C19H19ClN2O3. The standard InChI is InChI=1S/C19H19ClN2O3/c1-12-4-3-5-15(8-12)22-11-13(9-18(22)23)19(24)21-16-10-14(20)6-7-17(16)25-2/h3-8,10,13H,9,11H2,1-2H3,(H,21,24)/t13-/m0/s1. The smallest absolute Gasteiger partial charge is 0.229 e. The number of anilines is 2. The van der Waals surface area contributed by atoms with E-state index in [1.807, 2.05) is 31.2 Å². The van der Waals surface area contributed by atoms with E-state index in [2.05, 4.69) is 5.32 Å². The number of carbonyl (C=O) groups is 2. The highest BCUT2D eigenvalue weighted by Crippen LogP contribution is 2.30. The summed E-state index contributed by atoms with van der Waals surface area (Å²) in [6.07, 6.45) is 0.183. The molecule has 1 aliphatic rings. The highest BCUT2D eigenvalue weighted by atomic mass is 35.5. The van der Waals surface area contributed by atoms with Crippen molar-refractivity contribution >= 4 is 34.8 Å². The summed E-state index contributed by atoms with van der Waals surface area (Å²) < 4.78 is 5.24. The first-order valence-corrected chi connectivity index (χ1v) is 8.37. The Labute approximate surface area is 151 Å². The third kappa shape index (κ3) is 3.77. The van der Waals surface area contributed by atoms with Gasteiger partial charge in [0.05, 0.1) is 18.7 Å². The van der Waals surface area contributed by atoms with Crippen molar-refractivity contribution in [1.29, 1.82) is 0 Å². The van der Waals surface area contributed by atoms with Gasteiger partial charge in [-0.3, -0.25) is 9.59 Å². The number of amides is 2. The van der Waals surface area contributed by atoms with Crippen LogP contribution < -0.4 is 15.0 Å². The van der Waals surface area contributed by atoms with Crippen molar-refractivity contribution in [2.24, 2.45) is 5.92 Å². The molecule has 2 amide bonds. The van der Waals surface area contributed by atoms with Crippen LogP contribution in [0.5, 0.6) is 5.75 Å². The molecule has 1 aliphatic heterocycles. The number of nitrogens with zero attached hydrogens (tertiary/aromatic N) is 1. The number of ether oxygens (including phenoxy) is 1. The van der Waals surface area contributed by atoms with Gasteiger partial charge in [0.1, 0.15) is 5.75 Å². The van der Waals surface area contributed by atoms with E-state index < -0.39 is 5.92 Å². The molecule has 5 nitrogen and oxygen atoms in total. The molecule has 0 aliphatic carbocycles. The fourth-order valence-corrected chi connectivity index (χ4v) is 3.11. The van der Waals surface area contributed by atoms with Gasteiger partial charge in [0.15, 0.2) is 0 Å². The van der Waals surface area contributed by atoms with Crippen molar-refractivity contribution in [3.63, 3.8) is 0 Å². The Hall–Kier alpha value is -2.53. The van der Waals surface area contributed by atoms with Crippen molar-refractivity contribution in [3.8, 4) is 5.75 Å². The Kier molecular flexibility index (Phi) is 4.95. The lowest BCUT2D eigenvalue weighted by molar-refractivity contribution is -0.122. The average molecular weight is 359 g/mol. The van der Waals surface area contributed by atoms with Crippen molar-refractivity contribution in [1.82, 2.24) is 0 Å². The van der Waals surface area contributed by atoms with Crippen LogP contribution in [0.15, 0.2) is 42.5 Å². The highest BCUT2D eigenvalue weighted by Gasteiger charge is 2.35. The lowest BCUT2D eigenvalue weighted by Gasteiger charge is -2.17. The van der Waals surface area contributed by atoms with Crippen molar-refractivity contribution in [2.45, 2.75) is 13.3 Å². The van der Waals surface area contributed by atoms with E-state index in [0.29, 0.717) is 23.0 Å². The van der Waals surface area contributed by atoms with Crippen LogP contribution in [0, 0.1) is 12.8 Å². The maximum atomic E-state index is 12.6. The molecule has 0 saturated carbocycles. The minimum atomic E-state index is -0.420. The Morgan fingerprint density at radius 1 is 1.28 bits per heavy atom. The molecule has 130 valence electrons. The van der Waals surface area contributed by atoms with Gasteiger partial charge in [0, 0.05) is 23.7 Å². The molecular weight excluding hydrogens is 340 g/mol. The Morgan fingerprint density at radius 2 is 2.08 bits per heavy atom. The van der Waals surface area contributed by atoms with Crippen LogP contribution in [-0.2, 0) is 9.59 Å². The Bertz CT molecular complexity index is 822. The van der Waals surface area contributed by atoms with E-state index in [0.717, 1.165) is 11.3 Å². The second-order valence-electron chi connectivity index (χ2n) is 6.08. The first-order chi connectivity index (χ1) is 12.0. The van der Waals surface area contributed by atoms with E-state index >= 15 is 0 Å². The molecule has 2 aromatic carbocycles. The van der Waals surface area contributed by atoms with E-state index in [9.17, 15) is 9.59 Å². The molecule has 0 aromatic heterocycles. The third-order valence-corrected chi connectivity index (χ3v) is 4.46. The largest absolute Gasteiger partial charge is 0.495 e. The minimum Gasteiger partial charge on any atom is -0.495 e. The van der Waals surface area contributed by atoms with Crippen LogP contribution >= 0.6 is 11.6 Å². The number of rotatable bonds is 4. The summed E-state index contributed by atoms with van der Waals surface area (Å²) >= 11 is 5.99. The minimum absolute atomic E-state index is 0.0520. The van der Waals surface area contributed by atoms with Gasteiger partial charge in [0.2, 0.25) is 11.8 Å². The van der Waals surface area contributed by atoms with Crippen LogP contribution in [0.25, 0.3) is 0 Å². The molecule has 1 heterocycles. The summed E-state index contributed by atoms with van der Waals surface area (Å²) in [5, 5.41) is 3.32. The molecule has 0 bridgehead atoms. The zero-order chi connectivity index (χ0) is 18.0. The van der Waals surface area contributed by atoms with Crippen molar-refractivity contribution in [2.75, 3.05) is 23.9 Å². The lowest BCUT2D eigenvalue weighted by Crippen LogP contribution is -2.28. The molecule has 1 fully saturated rings. The number of carbonyl (C=O) groups excluding carboxylic acids is 2. The zero-order valence-electron chi connectivity index (χ0n) is 14.1. The van der Waals surface area contributed by atoms with Crippen LogP contribution in [0.4, 0.5) is 11.4 Å². The number of hydrogen-bond acceptors (Lipinski definition) is 3. The van der Waals surface area contributed by atoms with Gasteiger partial charge in [-0.25, -0.2) is 0 Å². The van der Waals surface area contributed by atoms with Gasteiger partial charge in [-0.05, 0) is 42.8 Å². The molecule has 6 heteroatoms. The second-order valence-corrected chi connectivity index (χ2v) is 6.51. The molecule has 1 atom stereocenters. The summed E-state index contributed by atoms with van der Waals surface area (Å²) in [5.74, 6) is -0.165. The van der Waals surface area contributed by atoms with Gasteiger partial charge < -0.3 is 15.0 Å². The Balaban J connectivity index is 1.74. The van der Waals surface area contributed by atoms with Gasteiger partial charge in [-0.2, -0.15) is 0 Å². The van der Waals surface area contributed by atoms with E-state index in [1.54, 1.807) is 23.1 Å². The third-order valence-electron chi connectivity index (χ3n) is 4.23. The molecule has 2 aromatic rings. The first kappa shape index (κ1) is 17.3. The molecule has 0 radical (unpaired) electrons.